The maximum atomic E-state index is 12.4. The second kappa shape index (κ2) is 7.25. The summed E-state index contributed by atoms with van der Waals surface area (Å²) in [6.07, 6.45) is 1.56. The Labute approximate surface area is 145 Å². The fourth-order valence-electron chi connectivity index (χ4n) is 2.36. The van der Waals surface area contributed by atoms with Gasteiger partial charge in [0.15, 0.2) is 5.69 Å². The van der Waals surface area contributed by atoms with Crippen LogP contribution in [0.25, 0.3) is 0 Å². The van der Waals surface area contributed by atoms with Crippen LogP contribution in [0.1, 0.15) is 38.7 Å². The first-order valence-corrected chi connectivity index (χ1v) is 8.00. The van der Waals surface area contributed by atoms with Crippen molar-refractivity contribution in [3.8, 4) is 5.75 Å². The molecule has 1 amide bonds. The topological polar surface area (TPSA) is 77.5 Å². The third kappa shape index (κ3) is 3.91. The number of carbonyl (C=O) groups is 1. The van der Waals surface area contributed by atoms with Gasteiger partial charge in [-0.15, -0.1) is 0 Å². The zero-order chi connectivity index (χ0) is 17.8. The zero-order valence-corrected chi connectivity index (χ0v) is 14.5. The van der Waals surface area contributed by atoms with Crippen molar-refractivity contribution in [3.05, 3.63) is 70.5 Å². The number of hydrogen-bond acceptors (Lipinski definition) is 5. The summed E-state index contributed by atoms with van der Waals surface area (Å²) in [6.45, 7) is 6.33. The van der Waals surface area contributed by atoms with E-state index in [2.05, 4.69) is 10.5 Å². The van der Waals surface area contributed by atoms with Gasteiger partial charge < -0.3 is 19.0 Å². The Balaban J connectivity index is 1.68. The fraction of sp³-hybridized carbons (Fsp3) is 0.263. The van der Waals surface area contributed by atoms with E-state index in [-0.39, 0.29) is 24.8 Å². The molecule has 0 fully saturated rings. The van der Waals surface area contributed by atoms with E-state index < -0.39 is 0 Å². The number of aryl methyl sites for hydroxylation is 3. The number of amides is 1. The molecule has 1 aromatic carbocycles. The maximum Gasteiger partial charge on any atom is 0.274 e. The molecule has 3 rings (SSSR count). The summed E-state index contributed by atoms with van der Waals surface area (Å²) in [7, 11) is 0. The van der Waals surface area contributed by atoms with Gasteiger partial charge in [0.1, 0.15) is 23.9 Å². The number of hydrogen-bond donors (Lipinski definition) is 1. The third-order valence-electron chi connectivity index (χ3n) is 4.06. The zero-order valence-electron chi connectivity index (χ0n) is 14.5. The van der Waals surface area contributed by atoms with Crippen LogP contribution in [0.2, 0.25) is 0 Å². The average molecular weight is 340 g/mol. The molecule has 0 radical (unpaired) electrons. The molecular weight excluding hydrogens is 320 g/mol. The molecule has 0 aliphatic carbocycles. The summed E-state index contributed by atoms with van der Waals surface area (Å²) >= 11 is 0. The summed E-state index contributed by atoms with van der Waals surface area (Å²) in [4.78, 5) is 12.4. The molecule has 130 valence electrons. The number of nitrogens with zero attached hydrogens (tertiary/aromatic N) is 1. The molecule has 0 unspecified atom stereocenters. The number of ether oxygens (including phenoxy) is 1. The lowest BCUT2D eigenvalue weighted by atomic mass is 10.1. The molecular formula is C19H20N2O4. The molecule has 25 heavy (non-hydrogen) atoms. The lowest BCUT2D eigenvalue weighted by molar-refractivity contribution is 0.0936. The van der Waals surface area contributed by atoms with E-state index in [4.69, 9.17) is 13.7 Å². The minimum Gasteiger partial charge on any atom is -0.489 e. The largest absolute Gasteiger partial charge is 0.489 e. The molecule has 3 aromatic rings. The van der Waals surface area contributed by atoms with Crippen molar-refractivity contribution in [3.63, 3.8) is 0 Å². The Hall–Kier alpha value is -3.02. The van der Waals surface area contributed by atoms with Gasteiger partial charge in [0.25, 0.3) is 5.91 Å². The lowest BCUT2D eigenvalue weighted by Crippen LogP contribution is -2.24. The van der Waals surface area contributed by atoms with Crippen LogP contribution >= 0.6 is 0 Å². The molecule has 0 bridgehead atoms. The van der Waals surface area contributed by atoms with Crippen LogP contribution in [0.4, 0.5) is 0 Å². The number of nitrogens with one attached hydrogen (secondary N) is 1. The van der Waals surface area contributed by atoms with Crippen LogP contribution in [-0.2, 0) is 13.2 Å². The van der Waals surface area contributed by atoms with Crippen LogP contribution in [0, 0.1) is 20.8 Å². The standard InChI is InChI=1S/C19H20N2O4/c1-12-6-7-15(9-13(12)2)24-11-17-14(3)25-21-18(17)19(22)20-10-16-5-4-8-23-16/h4-9H,10-11H2,1-3H3,(H,20,22). The van der Waals surface area contributed by atoms with Crippen LogP contribution in [-0.4, -0.2) is 11.1 Å². The Morgan fingerprint density at radius 2 is 2.04 bits per heavy atom. The van der Waals surface area contributed by atoms with E-state index in [0.29, 0.717) is 17.1 Å². The van der Waals surface area contributed by atoms with Crippen molar-refractivity contribution in [2.24, 2.45) is 0 Å². The lowest BCUT2D eigenvalue weighted by Gasteiger charge is -2.09. The Morgan fingerprint density at radius 1 is 1.20 bits per heavy atom. The summed E-state index contributed by atoms with van der Waals surface area (Å²) in [5.74, 6) is 1.64. The van der Waals surface area contributed by atoms with Gasteiger partial charge in [0, 0.05) is 0 Å². The van der Waals surface area contributed by atoms with Crippen LogP contribution in [0.15, 0.2) is 45.5 Å². The normalized spacial score (nSPS) is 10.7. The smallest absolute Gasteiger partial charge is 0.274 e. The summed E-state index contributed by atoms with van der Waals surface area (Å²) in [6, 6.07) is 9.43. The fourth-order valence-corrected chi connectivity index (χ4v) is 2.36. The van der Waals surface area contributed by atoms with E-state index in [9.17, 15) is 4.79 Å². The van der Waals surface area contributed by atoms with E-state index in [1.165, 1.54) is 5.56 Å². The molecule has 0 spiro atoms. The highest BCUT2D eigenvalue weighted by Gasteiger charge is 2.20. The van der Waals surface area contributed by atoms with Gasteiger partial charge >= 0.3 is 0 Å². The predicted octanol–water partition coefficient (Wildman–Crippen LogP) is 3.70. The maximum absolute atomic E-state index is 12.4. The second-order valence-electron chi connectivity index (χ2n) is 5.86. The van der Waals surface area contributed by atoms with E-state index in [1.807, 2.05) is 32.0 Å². The summed E-state index contributed by atoms with van der Waals surface area (Å²) in [5, 5.41) is 6.62. The Morgan fingerprint density at radius 3 is 2.76 bits per heavy atom. The number of furan rings is 1. The van der Waals surface area contributed by atoms with Gasteiger partial charge in [-0.3, -0.25) is 4.79 Å². The van der Waals surface area contributed by atoms with Crippen LogP contribution in [0.3, 0.4) is 0 Å². The van der Waals surface area contributed by atoms with Crippen molar-refractivity contribution in [1.29, 1.82) is 0 Å². The van der Waals surface area contributed by atoms with E-state index >= 15 is 0 Å². The van der Waals surface area contributed by atoms with Gasteiger partial charge in [-0.2, -0.15) is 0 Å². The average Bonchev–Trinajstić information content (AvgIpc) is 3.23. The summed E-state index contributed by atoms with van der Waals surface area (Å²) in [5.41, 5.74) is 3.21. The van der Waals surface area contributed by atoms with Gasteiger partial charge in [-0.05, 0) is 56.2 Å². The van der Waals surface area contributed by atoms with Gasteiger partial charge in [0.2, 0.25) is 0 Å². The predicted molar refractivity (Wildman–Crippen MR) is 91.4 cm³/mol. The van der Waals surface area contributed by atoms with Crippen molar-refractivity contribution in [1.82, 2.24) is 10.5 Å². The number of rotatable bonds is 6. The third-order valence-corrected chi connectivity index (χ3v) is 4.06. The van der Waals surface area contributed by atoms with Crippen LogP contribution in [0.5, 0.6) is 5.75 Å². The van der Waals surface area contributed by atoms with E-state index in [1.54, 1.807) is 25.3 Å². The minimum atomic E-state index is -0.327. The van der Waals surface area contributed by atoms with E-state index in [0.717, 1.165) is 11.3 Å². The van der Waals surface area contributed by atoms with Gasteiger partial charge in [-0.1, -0.05) is 11.2 Å². The summed E-state index contributed by atoms with van der Waals surface area (Å²) < 4.78 is 16.2. The SMILES string of the molecule is Cc1ccc(OCc2c(C(=O)NCc3ccco3)noc2C)cc1C. The van der Waals surface area contributed by atoms with Crippen molar-refractivity contribution in [2.45, 2.75) is 33.9 Å². The highest BCUT2D eigenvalue weighted by molar-refractivity contribution is 5.93. The highest BCUT2D eigenvalue weighted by atomic mass is 16.5. The molecule has 1 N–H and O–H groups in total. The Bertz CT molecular complexity index is 866. The molecule has 0 atom stereocenters. The monoisotopic (exact) mass is 340 g/mol. The Kier molecular flexibility index (Phi) is 4.88. The number of carbonyl (C=O) groups excluding carboxylic acids is 1. The molecule has 0 saturated heterocycles. The molecule has 6 heteroatoms. The molecule has 6 nitrogen and oxygen atoms in total. The first kappa shape index (κ1) is 16.8. The van der Waals surface area contributed by atoms with Crippen molar-refractivity contribution in [2.75, 3.05) is 0 Å². The van der Waals surface area contributed by atoms with Crippen LogP contribution < -0.4 is 10.1 Å². The molecule has 2 heterocycles. The molecule has 2 aromatic heterocycles. The molecule has 0 saturated carbocycles. The van der Waals surface area contributed by atoms with Gasteiger partial charge in [-0.25, -0.2) is 0 Å². The number of aromatic nitrogens is 1. The first-order valence-electron chi connectivity index (χ1n) is 8.00. The highest BCUT2D eigenvalue weighted by Crippen LogP contribution is 2.20. The first-order chi connectivity index (χ1) is 12.0. The van der Waals surface area contributed by atoms with Crippen molar-refractivity contribution < 1.29 is 18.5 Å². The molecule has 0 aliphatic heterocycles. The molecule has 0 aliphatic rings. The quantitative estimate of drug-likeness (QED) is 0.740. The van der Waals surface area contributed by atoms with Crippen molar-refractivity contribution >= 4 is 5.91 Å². The minimum absolute atomic E-state index is 0.210. The number of benzene rings is 1. The van der Waals surface area contributed by atoms with Gasteiger partial charge in [0.05, 0.1) is 18.4 Å². The second-order valence-corrected chi connectivity index (χ2v) is 5.86.